The second-order valence-electron chi connectivity index (χ2n) is 6.22. The number of anilines is 2. The molecule has 1 aliphatic heterocycles. The van der Waals surface area contributed by atoms with Crippen molar-refractivity contribution in [1.82, 2.24) is 9.80 Å². The van der Waals surface area contributed by atoms with Crippen molar-refractivity contribution >= 4 is 11.4 Å². The second kappa shape index (κ2) is 5.88. The summed E-state index contributed by atoms with van der Waals surface area (Å²) in [6.45, 7) is 3.09. The molecule has 0 aliphatic carbocycles. The van der Waals surface area contributed by atoms with Crippen LogP contribution in [-0.2, 0) is 19.6 Å². The molecular weight excluding hydrogens is 258 g/mol. The maximum atomic E-state index is 3.50. The molecule has 0 saturated carbocycles. The topological polar surface area (TPSA) is 18.5 Å². The van der Waals surface area contributed by atoms with Crippen molar-refractivity contribution in [1.29, 1.82) is 0 Å². The van der Waals surface area contributed by atoms with Crippen molar-refractivity contribution in [3.05, 3.63) is 59.2 Å². The first-order valence-corrected chi connectivity index (χ1v) is 7.41. The van der Waals surface area contributed by atoms with Gasteiger partial charge in [-0.05, 0) is 62.1 Å². The third-order valence-corrected chi connectivity index (χ3v) is 3.83. The van der Waals surface area contributed by atoms with Gasteiger partial charge < -0.3 is 10.2 Å². The highest BCUT2D eigenvalue weighted by atomic mass is 15.1. The largest absolute Gasteiger partial charge is 0.356 e. The maximum Gasteiger partial charge on any atom is 0.0387 e. The van der Waals surface area contributed by atoms with Gasteiger partial charge in [0.2, 0.25) is 0 Å². The van der Waals surface area contributed by atoms with Crippen LogP contribution in [0.2, 0.25) is 0 Å². The summed E-state index contributed by atoms with van der Waals surface area (Å²) >= 11 is 0. The third-order valence-electron chi connectivity index (χ3n) is 3.83. The predicted octanol–water partition coefficient (Wildman–Crippen LogP) is 3.44. The van der Waals surface area contributed by atoms with Gasteiger partial charge in [0.1, 0.15) is 0 Å². The zero-order valence-electron chi connectivity index (χ0n) is 13.1. The summed E-state index contributed by atoms with van der Waals surface area (Å²) in [5.41, 5.74) is 6.53. The lowest BCUT2D eigenvalue weighted by atomic mass is 10.1. The lowest BCUT2D eigenvalue weighted by molar-refractivity contribution is 0.353. The van der Waals surface area contributed by atoms with Crippen LogP contribution in [-0.4, -0.2) is 30.9 Å². The summed E-state index contributed by atoms with van der Waals surface area (Å²) in [6, 6.07) is 15.4. The van der Waals surface area contributed by atoms with Crippen LogP contribution >= 0.6 is 0 Å². The third kappa shape index (κ3) is 3.43. The summed E-state index contributed by atoms with van der Waals surface area (Å²) in [4.78, 5) is 4.52. The van der Waals surface area contributed by atoms with E-state index in [1.807, 2.05) is 0 Å². The highest BCUT2D eigenvalue weighted by Gasteiger charge is 2.15. The van der Waals surface area contributed by atoms with Gasteiger partial charge in [0.15, 0.2) is 0 Å². The number of nitrogens with zero attached hydrogens (tertiary/aromatic N) is 2. The Labute approximate surface area is 127 Å². The number of hydrogen-bond acceptors (Lipinski definition) is 3. The normalized spacial score (nSPS) is 14.5. The monoisotopic (exact) mass is 281 g/mol. The van der Waals surface area contributed by atoms with Gasteiger partial charge in [-0.2, -0.15) is 0 Å². The summed E-state index contributed by atoms with van der Waals surface area (Å²) in [6.07, 6.45) is 0. The Bertz CT molecular complexity index is 617. The number of benzene rings is 2. The molecule has 0 amide bonds. The Kier molecular flexibility index (Phi) is 3.95. The predicted molar refractivity (Wildman–Crippen MR) is 88.7 cm³/mol. The summed E-state index contributed by atoms with van der Waals surface area (Å²) in [5.74, 6) is 0. The van der Waals surface area contributed by atoms with E-state index in [9.17, 15) is 0 Å². The van der Waals surface area contributed by atoms with Gasteiger partial charge in [-0.15, -0.1) is 0 Å². The van der Waals surface area contributed by atoms with Crippen LogP contribution in [0.25, 0.3) is 0 Å². The van der Waals surface area contributed by atoms with E-state index in [0.717, 1.165) is 25.3 Å². The minimum absolute atomic E-state index is 0.978. The van der Waals surface area contributed by atoms with E-state index in [0.29, 0.717) is 0 Å². The Hall–Kier alpha value is -1.84. The molecular formula is C18H23N3. The van der Waals surface area contributed by atoms with Gasteiger partial charge in [0.25, 0.3) is 0 Å². The minimum Gasteiger partial charge on any atom is -0.356 e. The molecule has 0 aromatic heterocycles. The zero-order chi connectivity index (χ0) is 14.8. The summed E-state index contributed by atoms with van der Waals surface area (Å²) < 4.78 is 0. The fourth-order valence-corrected chi connectivity index (χ4v) is 2.87. The first-order chi connectivity index (χ1) is 10.1. The molecule has 0 bridgehead atoms. The molecule has 110 valence electrons. The minimum atomic E-state index is 0.978. The van der Waals surface area contributed by atoms with Gasteiger partial charge >= 0.3 is 0 Å². The van der Waals surface area contributed by atoms with E-state index in [1.165, 1.54) is 22.4 Å². The second-order valence-corrected chi connectivity index (χ2v) is 6.22. The zero-order valence-corrected chi connectivity index (χ0v) is 13.1. The average Bonchev–Trinajstić information content (AvgIpc) is 2.80. The summed E-state index contributed by atoms with van der Waals surface area (Å²) in [7, 11) is 6.35. The van der Waals surface area contributed by atoms with E-state index >= 15 is 0 Å². The molecule has 0 radical (unpaired) electrons. The molecule has 0 atom stereocenters. The van der Waals surface area contributed by atoms with Crippen LogP contribution in [0.1, 0.15) is 16.7 Å². The van der Waals surface area contributed by atoms with E-state index in [-0.39, 0.29) is 0 Å². The van der Waals surface area contributed by atoms with Crippen molar-refractivity contribution in [2.45, 2.75) is 19.6 Å². The number of nitrogens with one attached hydrogen (secondary N) is 1. The van der Waals surface area contributed by atoms with Gasteiger partial charge in [0.05, 0.1) is 0 Å². The average molecular weight is 281 g/mol. The van der Waals surface area contributed by atoms with Crippen LogP contribution < -0.4 is 5.32 Å². The lowest BCUT2D eigenvalue weighted by Gasteiger charge is -2.11. The Morgan fingerprint density at radius 2 is 1.62 bits per heavy atom. The Morgan fingerprint density at radius 1 is 0.952 bits per heavy atom. The standard InChI is InChI=1S/C18H23N3/c1-20(2)11-14-4-7-17(8-5-14)19-18-9-6-15-12-21(3)13-16(15)10-18/h4-10,19H,11-13H2,1-3H3. The van der Waals surface area contributed by atoms with E-state index in [4.69, 9.17) is 0 Å². The quantitative estimate of drug-likeness (QED) is 0.926. The molecule has 3 heteroatoms. The highest BCUT2D eigenvalue weighted by Crippen LogP contribution is 2.26. The fourth-order valence-electron chi connectivity index (χ4n) is 2.87. The van der Waals surface area contributed by atoms with Crippen LogP contribution in [0, 0.1) is 0 Å². The molecule has 2 aromatic carbocycles. The highest BCUT2D eigenvalue weighted by molar-refractivity contribution is 5.61. The number of hydrogen-bond donors (Lipinski definition) is 1. The molecule has 3 rings (SSSR count). The first-order valence-electron chi connectivity index (χ1n) is 7.41. The van der Waals surface area contributed by atoms with Crippen LogP contribution in [0.3, 0.4) is 0 Å². The van der Waals surface area contributed by atoms with E-state index < -0.39 is 0 Å². The molecule has 21 heavy (non-hydrogen) atoms. The fraction of sp³-hybridized carbons (Fsp3) is 0.333. The number of fused-ring (bicyclic) bond motifs is 1. The maximum absolute atomic E-state index is 3.50. The Morgan fingerprint density at radius 3 is 2.33 bits per heavy atom. The number of rotatable bonds is 4. The summed E-state index contributed by atoms with van der Waals surface area (Å²) in [5, 5.41) is 3.50. The van der Waals surface area contributed by atoms with E-state index in [2.05, 4.69) is 78.7 Å². The SMILES string of the molecule is CN(C)Cc1ccc(Nc2ccc3c(c2)CN(C)C3)cc1. The molecule has 2 aromatic rings. The molecule has 0 unspecified atom stereocenters. The van der Waals surface area contributed by atoms with Crippen molar-refractivity contribution in [3.63, 3.8) is 0 Å². The van der Waals surface area contributed by atoms with E-state index in [1.54, 1.807) is 0 Å². The van der Waals surface area contributed by atoms with Crippen molar-refractivity contribution < 1.29 is 0 Å². The first kappa shape index (κ1) is 14.1. The van der Waals surface area contributed by atoms with Gasteiger partial charge in [-0.25, -0.2) is 0 Å². The molecule has 3 nitrogen and oxygen atoms in total. The Balaban J connectivity index is 1.71. The molecule has 1 aliphatic rings. The smallest absolute Gasteiger partial charge is 0.0387 e. The molecule has 0 fully saturated rings. The van der Waals surface area contributed by atoms with Crippen molar-refractivity contribution in [2.24, 2.45) is 0 Å². The molecule has 1 heterocycles. The van der Waals surface area contributed by atoms with Crippen LogP contribution in [0.4, 0.5) is 11.4 Å². The van der Waals surface area contributed by atoms with Crippen LogP contribution in [0.5, 0.6) is 0 Å². The molecule has 0 spiro atoms. The van der Waals surface area contributed by atoms with Crippen molar-refractivity contribution in [2.75, 3.05) is 26.5 Å². The lowest BCUT2D eigenvalue weighted by Crippen LogP contribution is -2.10. The van der Waals surface area contributed by atoms with Gasteiger partial charge in [0, 0.05) is 31.0 Å². The van der Waals surface area contributed by atoms with Gasteiger partial charge in [-0.1, -0.05) is 18.2 Å². The van der Waals surface area contributed by atoms with Crippen molar-refractivity contribution in [3.8, 4) is 0 Å². The van der Waals surface area contributed by atoms with Crippen LogP contribution in [0.15, 0.2) is 42.5 Å². The van der Waals surface area contributed by atoms with Gasteiger partial charge in [-0.3, -0.25) is 4.90 Å². The molecule has 1 N–H and O–H groups in total. The molecule has 0 saturated heterocycles.